The summed E-state index contributed by atoms with van der Waals surface area (Å²) >= 11 is 0. The van der Waals surface area contributed by atoms with E-state index in [2.05, 4.69) is 10.1 Å². The Hall–Kier alpha value is -2.16. The van der Waals surface area contributed by atoms with E-state index in [1.54, 1.807) is 4.90 Å². The molecule has 30 heavy (non-hydrogen) atoms. The molecule has 5 rings (SSSR count). The smallest absolute Gasteiger partial charge is 0.433 e. The van der Waals surface area contributed by atoms with Gasteiger partial charge in [-0.3, -0.25) is 0 Å². The molecule has 3 fully saturated rings. The topological polar surface area (TPSA) is 60.9 Å². The van der Waals surface area contributed by atoms with Gasteiger partial charge in [0.1, 0.15) is 12.3 Å². The molecule has 2 saturated heterocycles. The molecule has 6 nitrogen and oxygen atoms in total. The summed E-state index contributed by atoms with van der Waals surface area (Å²) in [6.07, 6.45) is 2.85. The number of alkyl halides is 3. The molecular formula is C21H26F3N4O2+. The van der Waals surface area contributed by atoms with Crippen molar-refractivity contribution in [2.75, 3.05) is 19.7 Å². The number of hydrogen-bond donors (Lipinski definition) is 1. The van der Waals surface area contributed by atoms with Crippen molar-refractivity contribution in [3.05, 3.63) is 29.2 Å². The molecule has 1 saturated carbocycles. The van der Waals surface area contributed by atoms with Gasteiger partial charge in [0.25, 0.3) is 0 Å². The lowest BCUT2D eigenvalue weighted by atomic mass is 9.84. The highest BCUT2D eigenvalue weighted by atomic mass is 19.4. The molecule has 162 valence electrons. The summed E-state index contributed by atoms with van der Waals surface area (Å²) in [5.74, 6) is -0.307. The van der Waals surface area contributed by atoms with Crippen molar-refractivity contribution in [2.24, 2.45) is 5.92 Å². The monoisotopic (exact) mass is 423 g/mol. The third kappa shape index (κ3) is 3.79. The van der Waals surface area contributed by atoms with Crippen LogP contribution in [0.25, 0.3) is 5.65 Å². The second-order valence-corrected chi connectivity index (χ2v) is 8.90. The standard InChI is InChI=1S/C21H25F3N4O2/c22-21(23,24)18-10-15(13-6-7-13)25-19-11-16(26-28(18)19)20(29)30-12-14-4-3-9-27-8-2-1-5-17(14)27/h10-11,13-14,17H,1-9,12H2/p+1/t14-,17-/m1/s1. The van der Waals surface area contributed by atoms with Gasteiger partial charge in [0.05, 0.1) is 19.1 Å². The highest BCUT2D eigenvalue weighted by Crippen LogP contribution is 2.41. The predicted octanol–water partition coefficient (Wildman–Crippen LogP) is 2.63. The van der Waals surface area contributed by atoms with Gasteiger partial charge in [-0.25, -0.2) is 14.3 Å². The Bertz CT molecular complexity index is 952. The predicted molar refractivity (Wildman–Crippen MR) is 101 cm³/mol. The Balaban J connectivity index is 1.35. The van der Waals surface area contributed by atoms with Gasteiger partial charge in [-0.2, -0.15) is 18.3 Å². The van der Waals surface area contributed by atoms with E-state index in [1.165, 1.54) is 32.0 Å². The van der Waals surface area contributed by atoms with Crippen LogP contribution in [0.1, 0.15) is 72.7 Å². The third-order valence-electron chi connectivity index (χ3n) is 6.80. The fourth-order valence-electron chi connectivity index (χ4n) is 5.12. The SMILES string of the molecule is O=C(OC[C@H]1CCC[NH+]2CCCC[C@H]12)c1cc2nc(C3CC3)cc(C(F)(F)F)n2n1. The minimum atomic E-state index is -4.58. The summed E-state index contributed by atoms with van der Waals surface area (Å²) in [5.41, 5.74) is -0.566. The summed E-state index contributed by atoms with van der Waals surface area (Å²) in [5, 5.41) is 3.90. The fourth-order valence-corrected chi connectivity index (χ4v) is 5.12. The lowest BCUT2D eigenvalue weighted by Gasteiger charge is -2.40. The number of esters is 1. The van der Waals surface area contributed by atoms with Crippen molar-refractivity contribution in [1.82, 2.24) is 14.6 Å². The number of carbonyl (C=O) groups is 1. The zero-order valence-corrected chi connectivity index (χ0v) is 16.7. The van der Waals surface area contributed by atoms with Crippen LogP contribution in [0.5, 0.6) is 0 Å². The number of hydrogen-bond acceptors (Lipinski definition) is 4. The summed E-state index contributed by atoms with van der Waals surface area (Å²) in [4.78, 5) is 18.5. The molecule has 2 aromatic rings. The average molecular weight is 423 g/mol. The number of fused-ring (bicyclic) bond motifs is 2. The molecule has 9 heteroatoms. The van der Waals surface area contributed by atoms with Crippen LogP contribution in [0.3, 0.4) is 0 Å². The van der Waals surface area contributed by atoms with Crippen LogP contribution in [0.4, 0.5) is 13.2 Å². The molecule has 2 aliphatic heterocycles. The van der Waals surface area contributed by atoms with Crippen LogP contribution in [0.2, 0.25) is 0 Å². The van der Waals surface area contributed by atoms with Crippen LogP contribution >= 0.6 is 0 Å². The zero-order valence-electron chi connectivity index (χ0n) is 16.7. The summed E-state index contributed by atoms with van der Waals surface area (Å²) in [6.45, 7) is 2.65. The van der Waals surface area contributed by atoms with Gasteiger partial charge >= 0.3 is 12.1 Å². The van der Waals surface area contributed by atoms with Crippen LogP contribution in [0.15, 0.2) is 12.1 Å². The number of aromatic nitrogens is 3. The molecular weight excluding hydrogens is 397 g/mol. The molecule has 3 atom stereocenters. The molecule has 1 unspecified atom stereocenters. The maximum Gasteiger partial charge on any atom is 0.433 e. The molecule has 1 N–H and O–H groups in total. The number of nitrogens with one attached hydrogen (secondary N) is 1. The first kappa shape index (κ1) is 19.8. The largest absolute Gasteiger partial charge is 0.460 e. The van der Waals surface area contributed by atoms with Crippen LogP contribution in [-0.4, -0.2) is 46.3 Å². The number of halogens is 3. The van der Waals surface area contributed by atoms with Gasteiger partial charge in [0.2, 0.25) is 0 Å². The maximum atomic E-state index is 13.5. The van der Waals surface area contributed by atoms with Gasteiger partial charge in [0.15, 0.2) is 11.3 Å². The van der Waals surface area contributed by atoms with E-state index in [-0.39, 0.29) is 17.3 Å². The number of nitrogens with zero attached hydrogens (tertiary/aromatic N) is 3. The fraction of sp³-hybridized carbons (Fsp3) is 0.667. The molecule has 2 aromatic heterocycles. The number of piperidine rings is 2. The second kappa shape index (κ2) is 7.51. The first-order valence-corrected chi connectivity index (χ1v) is 10.9. The van der Waals surface area contributed by atoms with Crippen molar-refractivity contribution in [3.63, 3.8) is 0 Å². The van der Waals surface area contributed by atoms with Crippen molar-refractivity contribution < 1.29 is 27.6 Å². The van der Waals surface area contributed by atoms with Crippen LogP contribution in [-0.2, 0) is 10.9 Å². The van der Waals surface area contributed by atoms with Crippen molar-refractivity contribution >= 4 is 11.6 Å². The van der Waals surface area contributed by atoms with Crippen LogP contribution < -0.4 is 4.90 Å². The summed E-state index contributed by atoms with van der Waals surface area (Å²) in [6, 6.07) is 2.87. The minimum absolute atomic E-state index is 0.0410. The van der Waals surface area contributed by atoms with Gasteiger partial charge in [-0.1, -0.05) is 0 Å². The number of carbonyl (C=O) groups excluding carboxylic acids is 1. The number of quaternary nitrogens is 1. The van der Waals surface area contributed by atoms with E-state index in [9.17, 15) is 18.0 Å². The molecule has 1 aliphatic carbocycles. The molecule has 0 spiro atoms. The molecule has 0 bridgehead atoms. The number of ether oxygens (including phenoxy) is 1. The summed E-state index contributed by atoms with van der Waals surface area (Å²) in [7, 11) is 0. The zero-order chi connectivity index (χ0) is 20.9. The third-order valence-corrected chi connectivity index (χ3v) is 6.80. The van der Waals surface area contributed by atoms with E-state index in [1.807, 2.05) is 0 Å². The van der Waals surface area contributed by atoms with Crippen LogP contribution in [0, 0.1) is 5.92 Å². The highest BCUT2D eigenvalue weighted by molar-refractivity contribution is 5.88. The van der Waals surface area contributed by atoms with E-state index >= 15 is 0 Å². The maximum absolute atomic E-state index is 13.5. The lowest BCUT2D eigenvalue weighted by molar-refractivity contribution is -0.940. The molecule has 0 aromatic carbocycles. The molecule has 3 aliphatic rings. The van der Waals surface area contributed by atoms with Gasteiger partial charge in [0, 0.05) is 23.6 Å². The molecule has 0 radical (unpaired) electrons. The van der Waals surface area contributed by atoms with Crippen molar-refractivity contribution in [2.45, 2.75) is 63.1 Å². The van der Waals surface area contributed by atoms with E-state index < -0.39 is 17.8 Å². The van der Waals surface area contributed by atoms with E-state index in [0.717, 1.165) is 42.7 Å². The van der Waals surface area contributed by atoms with Gasteiger partial charge in [-0.05, 0) is 51.0 Å². The van der Waals surface area contributed by atoms with E-state index in [0.29, 0.717) is 24.3 Å². The minimum Gasteiger partial charge on any atom is -0.460 e. The van der Waals surface area contributed by atoms with Crippen molar-refractivity contribution in [1.29, 1.82) is 0 Å². The first-order valence-electron chi connectivity index (χ1n) is 10.9. The Morgan fingerprint density at radius 3 is 2.70 bits per heavy atom. The first-order chi connectivity index (χ1) is 14.4. The van der Waals surface area contributed by atoms with Crippen molar-refractivity contribution in [3.8, 4) is 0 Å². The Morgan fingerprint density at radius 1 is 1.13 bits per heavy atom. The van der Waals surface area contributed by atoms with Gasteiger partial charge < -0.3 is 9.64 Å². The lowest BCUT2D eigenvalue weighted by Crippen LogP contribution is -3.18. The van der Waals surface area contributed by atoms with E-state index in [4.69, 9.17) is 4.74 Å². The number of rotatable bonds is 4. The quantitative estimate of drug-likeness (QED) is 0.769. The second-order valence-electron chi connectivity index (χ2n) is 8.90. The summed E-state index contributed by atoms with van der Waals surface area (Å²) < 4.78 is 46.8. The Kier molecular flexibility index (Phi) is 4.95. The Labute approximate surface area is 172 Å². The highest BCUT2D eigenvalue weighted by Gasteiger charge is 2.39. The molecule has 0 amide bonds. The molecule has 4 heterocycles. The average Bonchev–Trinajstić information content (AvgIpc) is 3.49. The normalized spacial score (nSPS) is 27.1. The Morgan fingerprint density at radius 2 is 1.93 bits per heavy atom. The van der Waals surface area contributed by atoms with Gasteiger partial charge in [-0.15, -0.1) is 0 Å².